The number of aliphatic imine (C=N–C) groups is 1. The minimum absolute atomic E-state index is 0.134. The Hall–Kier alpha value is -1.79. The van der Waals surface area contributed by atoms with Crippen LogP contribution in [0.15, 0.2) is 4.99 Å². The van der Waals surface area contributed by atoms with Crippen molar-refractivity contribution in [3.63, 3.8) is 0 Å². The maximum absolute atomic E-state index is 11.6. The first-order valence-corrected chi connectivity index (χ1v) is 9.91. The zero-order valence-corrected chi connectivity index (χ0v) is 16.8. The number of hydrogen-bond donors (Lipinski definition) is 4. The summed E-state index contributed by atoms with van der Waals surface area (Å²) in [5.41, 5.74) is 10.5. The summed E-state index contributed by atoms with van der Waals surface area (Å²) in [7, 11) is 0. The lowest BCUT2D eigenvalue weighted by Gasteiger charge is -2.05. The van der Waals surface area contributed by atoms with E-state index in [1.54, 1.807) is 0 Å². The van der Waals surface area contributed by atoms with E-state index in [2.05, 4.69) is 17.2 Å². The zero-order valence-electron chi connectivity index (χ0n) is 16.8. The highest BCUT2D eigenvalue weighted by molar-refractivity contribution is 5.76. The van der Waals surface area contributed by atoms with Crippen LogP contribution in [0.3, 0.4) is 0 Å². The van der Waals surface area contributed by atoms with E-state index >= 15 is 0 Å². The Morgan fingerprint density at radius 3 is 1.88 bits per heavy atom. The Morgan fingerprint density at radius 2 is 1.38 bits per heavy atom. The number of unbranched alkanes of at least 4 members (excludes halogenated alkanes) is 9. The second kappa shape index (κ2) is 21.3. The number of carbonyl (C=O) groups excluding carboxylic acids is 1. The van der Waals surface area contributed by atoms with Gasteiger partial charge >= 0.3 is 0 Å². The van der Waals surface area contributed by atoms with Crippen molar-refractivity contribution in [2.45, 2.75) is 90.9 Å². The van der Waals surface area contributed by atoms with Gasteiger partial charge in [-0.3, -0.25) is 14.6 Å². The molecule has 154 valence electrons. The topological polar surface area (TPSA) is 131 Å². The van der Waals surface area contributed by atoms with Crippen molar-refractivity contribution in [2.24, 2.45) is 16.5 Å². The molecule has 0 aliphatic heterocycles. The molecule has 0 aliphatic carbocycles. The fourth-order valence-electron chi connectivity index (χ4n) is 2.36. The Balaban J connectivity index is 0. The van der Waals surface area contributed by atoms with Gasteiger partial charge in [0.1, 0.15) is 0 Å². The Kier molecular flexibility index (Phi) is 21.6. The van der Waals surface area contributed by atoms with E-state index in [-0.39, 0.29) is 11.9 Å². The normalized spacial score (nSPS) is 9.77. The number of guanidine groups is 1. The number of amides is 1. The van der Waals surface area contributed by atoms with Crippen LogP contribution < -0.4 is 16.8 Å². The molecule has 0 spiro atoms. The molecule has 26 heavy (non-hydrogen) atoms. The third kappa shape index (κ3) is 30.1. The van der Waals surface area contributed by atoms with Crippen LogP contribution in [-0.2, 0) is 9.59 Å². The van der Waals surface area contributed by atoms with Gasteiger partial charge in [0.05, 0.1) is 0 Å². The molecule has 0 unspecified atom stereocenters. The predicted molar refractivity (Wildman–Crippen MR) is 108 cm³/mol. The molecular formula is C19H40N4O3. The van der Waals surface area contributed by atoms with Crippen LogP contribution in [0.4, 0.5) is 0 Å². The summed E-state index contributed by atoms with van der Waals surface area (Å²) in [6.45, 7) is 4.68. The SMILES string of the molecule is CC(=O)O.CCCCCCCCCCCC(=O)NCCCCN=C(N)N. The van der Waals surface area contributed by atoms with Gasteiger partial charge in [-0.15, -0.1) is 0 Å². The molecular weight excluding hydrogens is 332 g/mol. The summed E-state index contributed by atoms with van der Waals surface area (Å²) >= 11 is 0. The number of carboxylic acid groups (broad SMARTS) is 1. The van der Waals surface area contributed by atoms with Gasteiger partial charge in [0.2, 0.25) is 5.91 Å². The Bertz CT molecular complexity index is 366. The summed E-state index contributed by atoms with van der Waals surface area (Å²) in [5.74, 6) is -0.529. The molecule has 7 heteroatoms. The first-order chi connectivity index (χ1) is 12.4. The van der Waals surface area contributed by atoms with Crippen LogP contribution in [0.25, 0.3) is 0 Å². The molecule has 0 fully saturated rings. The van der Waals surface area contributed by atoms with Crippen LogP contribution in [-0.4, -0.2) is 36.0 Å². The zero-order chi connectivity index (χ0) is 20.0. The number of carbonyl (C=O) groups is 2. The Labute approximate surface area is 159 Å². The highest BCUT2D eigenvalue weighted by Crippen LogP contribution is 2.10. The first kappa shape index (κ1) is 26.4. The van der Waals surface area contributed by atoms with Gasteiger partial charge in [0.25, 0.3) is 5.97 Å². The summed E-state index contributed by atoms with van der Waals surface area (Å²) in [4.78, 5) is 24.5. The second-order valence-electron chi connectivity index (χ2n) is 6.46. The van der Waals surface area contributed by atoms with Gasteiger partial charge < -0.3 is 21.9 Å². The van der Waals surface area contributed by atoms with Crippen LogP contribution >= 0.6 is 0 Å². The molecule has 7 nitrogen and oxygen atoms in total. The Morgan fingerprint density at radius 1 is 0.885 bits per heavy atom. The average molecular weight is 373 g/mol. The molecule has 0 aromatic carbocycles. The minimum Gasteiger partial charge on any atom is -0.481 e. The maximum Gasteiger partial charge on any atom is 0.300 e. The van der Waals surface area contributed by atoms with Crippen molar-refractivity contribution in [2.75, 3.05) is 13.1 Å². The van der Waals surface area contributed by atoms with Crippen molar-refractivity contribution >= 4 is 17.8 Å². The third-order valence-electron chi connectivity index (χ3n) is 3.71. The number of rotatable bonds is 15. The molecule has 0 heterocycles. The van der Waals surface area contributed by atoms with E-state index in [4.69, 9.17) is 21.4 Å². The number of nitrogens with two attached hydrogens (primary N) is 2. The predicted octanol–water partition coefficient (Wildman–Crippen LogP) is 3.17. The van der Waals surface area contributed by atoms with Crippen molar-refractivity contribution < 1.29 is 14.7 Å². The number of hydrogen-bond acceptors (Lipinski definition) is 3. The summed E-state index contributed by atoms with van der Waals surface area (Å²) in [6, 6.07) is 0. The van der Waals surface area contributed by atoms with E-state index in [1.165, 1.54) is 51.4 Å². The first-order valence-electron chi connectivity index (χ1n) is 9.91. The quantitative estimate of drug-likeness (QED) is 0.199. The number of carboxylic acids is 1. The van der Waals surface area contributed by atoms with Gasteiger partial charge in [0, 0.05) is 26.4 Å². The average Bonchev–Trinajstić information content (AvgIpc) is 2.55. The van der Waals surface area contributed by atoms with E-state index in [0.29, 0.717) is 13.0 Å². The molecule has 0 radical (unpaired) electrons. The number of nitrogens with one attached hydrogen (secondary N) is 1. The van der Waals surface area contributed by atoms with E-state index in [1.807, 2.05) is 0 Å². The molecule has 0 atom stereocenters. The fourth-order valence-corrected chi connectivity index (χ4v) is 2.36. The molecule has 0 saturated heterocycles. The lowest BCUT2D eigenvalue weighted by Crippen LogP contribution is -2.24. The van der Waals surface area contributed by atoms with E-state index in [9.17, 15) is 4.79 Å². The van der Waals surface area contributed by atoms with Crippen LogP contribution in [0.1, 0.15) is 90.9 Å². The number of nitrogens with zero attached hydrogens (tertiary/aromatic N) is 1. The molecule has 0 rings (SSSR count). The van der Waals surface area contributed by atoms with Crippen LogP contribution in [0.5, 0.6) is 0 Å². The van der Waals surface area contributed by atoms with Gasteiger partial charge in [0.15, 0.2) is 5.96 Å². The molecule has 0 saturated carbocycles. The lowest BCUT2D eigenvalue weighted by atomic mass is 10.1. The van der Waals surface area contributed by atoms with Gasteiger partial charge in [-0.25, -0.2) is 0 Å². The van der Waals surface area contributed by atoms with Gasteiger partial charge in [-0.2, -0.15) is 0 Å². The van der Waals surface area contributed by atoms with Crippen LogP contribution in [0, 0.1) is 0 Å². The fraction of sp³-hybridized carbons (Fsp3) is 0.842. The number of aliphatic carboxylic acids is 1. The van der Waals surface area contributed by atoms with Crippen molar-refractivity contribution in [1.82, 2.24) is 5.32 Å². The molecule has 0 aromatic rings. The molecule has 0 aromatic heterocycles. The minimum atomic E-state index is -0.833. The summed E-state index contributed by atoms with van der Waals surface area (Å²) < 4.78 is 0. The highest BCUT2D eigenvalue weighted by Gasteiger charge is 2.00. The van der Waals surface area contributed by atoms with Crippen molar-refractivity contribution in [3.05, 3.63) is 0 Å². The smallest absolute Gasteiger partial charge is 0.300 e. The standard InChI is InChI=1S/C17H36N4O.C2H4O2/c1-2-3-4-5-6-7-8-9-10-13-16(22)20-14-11-12-15-21-17(18)19;1-2(3)4/h2-15H2,1H3,(H,20,22)(H4,18,19,21);1H3,(H,3,4). The highest BCUT2D eigenvalue weighted by atomic mass is 16.4. The lowest BCUT2D eigenvalue weighted by molar-refractivity contribution is -0.134. The molecule has 1 amide bonds. The van der Waals surface area contributed by atoms with E-state index in [0.717, 1.165) is 32.7 Å². The summed E-state index contributed by atoms with van der Waals surface area (Å²) in [6.07, 6.45) is 14.0. The van der Waals surface area contributed by atoms with Crippen molar-refractivity contribution in [3.8, 4) is 0 Å². The van der Waals surface area contributed by atoms with E-state index < -0.39 is 5.97 Å². The molecule has 6 N–H and O–H groups in total. The van der Waals surface area contributed by atoms with Crippen LogP contribution in [0.2, 0.25) is 0 Å². The third-order valence-corrected chi connectivity index (χ3v) is 3.71. The largest absolute Gasteiger partial charge is 0.481 e. The maximum atomic E-state index is 11.6. The van der Waals surface area contributed by atoms with Crippen molar-refractivity contribution in [1.29, 1.82) is 0 Å². The monoisotopic (exact) mass is 372 g/mol. The molecule has 0 aliphatic rings. The second-order valence-corrected chi connectivity index (χ2v) is 6.46. The van der Waals surface area contributed by atoms with Gasteiger partial charge in [-0.1, -0.05) is 58.3 Å². The summed E-state index contributed by atoms with van der Waals surface area (Å²) in [5, 5.41) is 10.4. The van der Waals surface area contributed by atoms with Gasteiger partial charge in [-0.05, 0) is 19.3 Å². The molecule has 0 bridgehead atoms.